The number of hydrogen-bond acceptors (Lipinski definition) is 4. The van der Waals surface area contributed by atoms with Gasteiger partial charge in [-0.25, -0.2) is 0 Å². The molecule has 0 saturated heterocycles. The summed E-state index contributed by atoms with van der Waals surface area (Å²) in [6, 6.07) is 15.3. The maximum atomic E-state index is 13.3. The molecule has 0 aliphatic rings. The van der Waals surface area contributed by atoms with E-state index in [2.05, 4.69) is 12.2 Å². The van der Waals surface area contributed by atoms with Gasteiger partial charge < -0.3 is 19.7 Å². The summed E-state index contributed by atoms with van der Waals surface area (Å²) in [6.07, 6.45) is 3.53. The van der Waals surface area contributed by atoms with E-state index < -0.39 is 6.04 Å². The third kappa shape index (κ3) is 8.73. The van der Waals surface area contributed by atoms with Gasteiger partial charge in [-0.1, -0.05) is 49.7 Å². The highest BCUT2D eigenvalue weighted by Gasteiger charge is 2.25. The van der Waals surface area contributed by atoms with Gasteiger partial charge in [0.2, 0.25) is 11.8 Å². The third-order valence-corrected chi connectivity index (χ3v) is 5.72. The minimum Gasteiger partial charge on any atom is -0.490 e. The zero-order valence-corrected chi connectivity index (χ0v) is 21.1. The van der Waals surface area contributed by atoms with Crippen molar-refractivity contribution in [2.24, 2.45) is 0 Å². The maximum absolute atomic E-state index is 13.3. The lowest BCUT2D eigenvalue weighted by Crippen LogP contribution is -2.49. The average molecular weight is 469 g/mol. The number of nitrogens with zero attached hydrogens (tertiary/aromatic N) is 1. The summed E-state index contributed by atoms with van der Waals surface area (Å²) in [5, 5.41) is 2.97. The quantitative estimate of drug-likeness (QED) is 0.382. The maximum Gasteiger partial charge on any atom is 0.242 e. The monoisotopic (exact) mass is 468 g/mol. The Kier molecular flexibility index (Phi) is 12.0. The largest absolute Gasteiger partial charge is 0.490 e. The van der Waals surface area contributed by atoms with Crippen molar-refractivity contribution < 1.29 is 19.1 Å². The van der Waals surface area contributed by atoms with Crippen molar-refractivity contribution in [3.63, 3.8) is 0 Å². The Bertz CT molecular complexity index is 885. The van der Waals surface area contributed by atoms with E-state index in [1.807, 2.05) is 69.3 Å². The van der Waals surface area contributed by atoms with E-state index in [9.17, 15) is 9.59 Å². The van der Waals surface area contributed by atoms with Crippen molar-refractivity contribution in [3.8, 4) is 11.5 Å². The summed E-state index contributed by atoms with van der Waals surface area (Å²) in [5.41, 5.74) is 2.15. The van der Waals surface area contributed by atoms with Crippen LogP contribution in [-0.4, -0.2) is 49.1 Å². The van der Waals surface area contributed by atoms with Gasteiger partial charge in [-0.15, -0.1) is 0 Å². The normalized spacial score (nSPS) is 11.5. The first kappa shape index (κ1) is 27.2. The minimum atomic E-state index is -0.521. The molecule has 1 N–H and O–H groups in total. The Morgan fingerprint density at radius 1 is 0.912 bits per heavy atom. The van der Waals surface area contributed by atoms with E-state index >= 15 is 0 Å². The van der Waals surface area contributed by atoms with E-state index in [-0.39, 0.29) is 11.8 Å². The molecule has 2 aromatic carbocycles. The van der Waals surface area contributed by atoms with Gasteiger partial charge in [0.25, 0.3) is 0 Å². The van der Waals surface area contributed by atoms with Gasteiger partial charge in [-0.3, -0.25) is 9.59 Å². The molecule has 2 rings (SSSR count). The first-order valence-electron chi connectivity index (χ1n) is 12.5. The second-order valence-corrected chi connectivity index (χ2v) is 8.29. The fourth-order valence-corrected chi connectivity index (χ4v) is 3.75. The first-order valence-corrected chi connectivity index (χ1v) is 12.5. The number of unbranched alkanes of at least 4 members (excludes halogenated alkanes) is 1. The Morgan fingerprint density at radius 2 is 1.62 bits per heavy atom. The molecule has 0 heterocycles. The van der Waals surface area contributed by atoms with Gasteiger partial charge >= 0.3 is 0 Å². The van der Waals surface area contributed by atoms with Crippen molar-refractivity contribution in [1.82, 2.24) is 10.2 Å². The molecular weight excluding hydrogens is 428 g/mol. The first-order chi connectivity index (χ1) is 16.5. The van der Waals surface area contributed by atoms with Crippen LogP contribution in [0.5, 0.6) is 11.5 Å². The van der Waals surface area contributed by atoms with Crippen molar-refractivity contribution in [2.75, 3.05) is 26.3 Å². The van der Waals surface area contributed by atoms with Crippen LogP contribution in [0.15, 0.2) is 48.5 Å². The molecule has 6 nitrogen and oxygen atoms in total. The predicted molar refractivity (Wildman–Crippen MR) is 136 cm³/mol. The van der Waals surface area contributed by atoms with Crippen molar-refractivity contribution >= 4 is 11.8 Å². The molecule has 34 heavy (non-hydrogen) atoms. The summed E-state index contributed by atoms with van der Waals surface area (Å²) in [6.45, 7) is 10.0. The molecule has 186 valence electrons. The number of rotatable bonds is 15. The number of benzene rings is 2. The molecule has 0 fully saturated rings. The highest BCUT2D eigenvalue weighted by Crippen LogP contribution is 2.29. The number of carbonyl (C=O) groups is 2. The highest BCUT2D eigenvalue weighted by atomic mass is 16.5. The van der Waals surface area contributed by atoms with Crippen LogP contribution in [0.25, 0.3) is 0 Å². The topological polar surface area (TPSA) is 67.9 Å². The lowest BCUT2D eigenvalue weighted by Gasteiger charge is -2.29. The molecule has 0 bridgehead atoms. The Hall–Kier alpha value is -3.02. The summed E-state index contributed by atoms with van der Waals surface area (Å²) < 4.78 is 11.4. The van der Waals surface area contributed by atoms with E-state index in [0.717, 1.165) is 24.0 Å². The number of hydrogen-bond donors (Lipinski definition) is 1. The van der Waals surface area contributed by atoms with Crippen LogP contribution in [0.3, 0.4) is 0 Å². The molecule has 0 aliphatic carbocycles. The van der Waals surface area contributed by atoms with Crippen molar-refractivity contribution in [3.05, 3.63) is 59.7 Å². The summed E-state index contributed by atoms with van der Waals surface area (Å²) in [4.78, 5) is 27.7. The fraction of sp³-hybridized carbons (Fsp3) is 0.500. The molecule has 2 aromatic rings. The number of amides is 2. The smallest absolute Gasteiger partial charge is 0.242 e. The standard InChI is InChI=1S/C28H40N2O4/c1-5-8-19-29-28(32)22(4)30(20-18-23-12-10-9-11-13-23)27(31)17-15-24-14-16-25(33-6-2)26(21-24)34-7-3/h9-14,16,21-22H,5-8,15,17-20H2,1-4H3,(H,29,32). The van der Waals surface area contributed by atoms with Crippen LogP contribution in [0.1, 0.15) is 58.1 Å². The summed E-state index contributed by atoms with van der Waals surface area (Å²) in [5.74, 6) is 1.27. The van der Waals surface area contributed by atoms with Crippen LogP contribution in [0.4, 0.5) is 0 Å². The van der Waals surface area contributed by atoms with Gasteiger partial charge in [0.05, 0.1) is 13.2 Å². The number of carbonyl (C=O) groups excluding carboxylic acids is 2. The summed E-state index contributed by atoms with van der Waals surface area (Å²) in [7, 11) is 0. The zero-order chi connectivity index (χ0) is 24.8. The van der Waals surface area contributed by atoms with Gasteiger partial charge in [0.15, 0.2) is 11.5 Å². The summed E-state index contributed by atoms with van der Waals surface area (Å²) >= 11 is 0. The van der Waals surface area contributed by atoms with E-state index in [4.69, 9.17) is 9.47 Å². The second kappa shape index (κ2) is 15.0. The van der Waals surface area contributed by atoms with Crippen LogP contribution >= 0.6 is 0 Å². The van der Waals surface area contributed by atoms with Gasteiger partial charge in [0, 0.05) is 19.5 Å². The van der Waals surface area contributed by atoms with Gasteiger partial charge in [0.1, 0.15) is 6.04 Å². The minimum absolute atomic E-state index is 0.0269. The molecular formula is C28H40N2O4. The Labute approximate surface area is 204 Å². The third-order valence-electron chi connectivity index (χ3n) is 5.72. The lowest BCUT2D eigenvalue weighted by atomic mass is 10.1. The van der Waals surface area contributed by atoms with E-state index in [1.165, 1.54) is 0 Å². The van der Waals surface area contributed by atoms with E-state index in [1.54, 1.807) is 4.90 Å². The van der Waals surface area contributed by atoms with E-state index in [0.29, 0.717) is 57.1 Å². The molecule has 1 unspecified atom stereocenters. The van der Waals surface area contributed by atoms with Crippen molar-refractivity contribution in [2.45, 2.75) is 65.8 Å². The Balaban J connectivity index is 2.08. The van der Waals surface area contributed by atoms with Crippen LogP contribution < -0.4 is 14.8 Å². The molecule has 0 aromatic heterocycles. The van der Waals surface area contributed by atoms with Crippen LogP contribution in [0, 0.1) is 0 Å². The fourth-order valence-electron chi connectivity index (χ4n) is 3.75. The number of ether oxygens (including phenoxy) is 2. The zero-order valence-electron chi connectivity index (χ0n) is 21.1. The Morgan fingerprint density at radius 3 is 2.29 bits per heavy atom. The molecule has 0 spiro atoms. The van der Waals surface area contributed by atoms with Crippen LogP contribution in [0.2, 0.25) is 0 Å². The molecule has 0 aliphatic heterocycles. The molecule has 2 amide bonds. The predicted octanol–water partition coefficient (Wildman–Crippen LogP) is 4.79. The molecule has 0 saturated carbocycles. The molecule has 1 atom stereocenters. The number of aryl methyl sites for hydroxylation is 1. The average Bonchev–Trinajstić information content (AvgIpc) is 2.85. The van der Waals surface area contributed by atoms with Crippen LogP contribution in [-0.2, 0) is 22.4 Å². The number of nitrogens with one attached hydrogen (secondary N) is 1. The van der Waals surface area contributed by atoms with Gasteiger partial charge in [-0.2, -0.15) is 0 Å². The van der Waals surface area contributed by atoms with Crippen molar-refractivity contribution in [1.29, 1.82) is 0 Å². The SMILES string of the molecule is CCCCNC(=O)C(C)N(CCc1ccccc1)C(=O)CCc1ccc(OCC)c(OCC)c1. The van der Waals surface area contributed by atoms with Gasteiger partial charge in [-0.05, 0) is 63.3 Å². The molecule has 0 radical (unpaired) electrons. The second-order valence-electron chi connectivity index (χ2n) is 8.29. The highest BCUT2D eigenvalue weighted by molar-refractivity contribution is 5.87. The lowest BCUT2D eigenvalue weighted by molar-refractivity contribution is -0.139. The molecule has 6 heteroatoms.